The van der Waals surface area contributed by atoms with Crippen molar-refractivity contribution in [2.24, 2.45) is 11.8 Å². The van der Waals surface area contributed by atoms with Crippen molar-refractivity contribution in [3.8, 4) is 0 Å². The first-order valence-corrected chi connectivity index (χ1v) is 41.0. The molecule has 546 valence electrons. The second-order valence-corrected chi connectivity index (χ2v) is 30.0. The van der Waals surface area contributed by atoms with E-state index in [1.54, 1.807) is 0 Å². The molecule has 0 saturated heterocycles. The Morgan fingerprint density at radius 1 is 0.315 bits per heavy atom. The molecular weight excluding hydrogens is 1210 g/mol. The van der Waals surface area contributed by atoms with Gasteiger partial charge in [-0.2, -0.15) is 0 Å². The van der Waals surface area contributed by atoms with Crippen LogP contribution >= 0.6 is 15.6 Å². The van der Waals surface area contributed by atoms with Crippen molar-refractivity contribution in [1.82, 2.24) is 0 Å². The zero-order chi connectivity index (χ0) is 67.9. The Hall–Kier alpha value is -1.94. The van der Waals surface area contributed by atoms with Crippen LogP contribution in [-0.2, 0) is 65.4 Å². The average Bonchev–Trinajstić information content (AvgIpc) is 1.66. The first kappa shape index (κ1) is 90.1. The Labute approximate surface area is 562 Å². The molecule has 0 radical (unpaired) electrons. The molecule has 19 heteroatoms. The molecule has 0 aliphatic heterocycles. The predicted octanol–water partition coefficient (Wildman–Crippen LogP) is 21.2. The molecule has 17 nitrogen and oxygen atoms in total. The van der Waals surface area contributed by atoms with E-state index in [9.17, 15) is 43.2 Å². The lowest BCUT2D eigenvalue weighted by Gasteiger charge is -2.21. The van der Waals surface area contributed by atoms with E-state index < -0.39 is 97.5 Å². The quantitative estimate of drug-likeness (QED) is 0.0222. The van der Waals surface area contributed by atoms with E-state index in [1.165, 1.54) is 186 Å². The molecule has 0 amide bonds. The fourth-order valence-electron chi connectivity index (χ4n) is 11.1. The Balaban J connectivity index is 5.23. The predicted molar refractivity (Wildman–Crippen MR) is 372 cm³/mol. The lowest BCUT2D eigenvalue weighted by Crippen LogP contribution is -2.30. The van der Waals surface area contributed by atoms with Gasteiger partial charge in [-0.25, -0.2) is 9.13 Å². The number of aliphatic hydroxyl groups excluding tert-OH is 1. The van der Waals surface area contributed by atoms with Crippen LogP contribution < -0.4 is 0 Å². The van der Waals surface area contributed by atoms with Crippen molar-refractivity contribution in [2.45, 2.75) is 394 Å². The number of aliphatic hydroxyl groups is 1. The summed E-state index contributed by atoms with van der Waals surface area (Å²) in [6.45, 7) is 9.52. The molecule has 0 aromatic heterocycles. The van der Waals surface area contributed by atoms with Gasteiger partial charge < -0.3 is 33.8 Å². The fraction of sp³-hybridized carbons (Fsp3) is 0.945. The number of phosphoric ester groups is 2. The van der Waals surface area contributed by atoms with Gasteiger partial charge >= 0.3 is 39.5 Å². The highest BCUT2D eigenvalue weighted by Gasteiger charge is 2.30. The van der Waals surface area contributed by atoms with Crippen LogP contribution in [0.15, 0.2) is 0 Å². The van der Waals surface area contributed by atoms with Crippen molar-refractivity contribution in [3.63, 3.8) is 0 Å². The fourth-order valence-corrected chi connectivity index (χ4v) is 12.7. The Morgan fingerprint density at radius 2 is 0.554 bits per heavy atom. The number of ether oxygens (including phenoxy) is 4. The maximum atomic E-state index is 13.1. The molecule has 0 fully saturated rings. The van der Waals surface area contributed by atoms with E-state index in [2.05, 4.69) is 41.5 Å². The van der Waals surface area contributed by atoms with E-state index in [1.807, 2.05) is 0 Å². The van der Waals surface area contributed by atoms with Crippen molar-refractivity contribution in [2.75, 3.05) is 39.6 Å². The summed E-state index contributed by atoms with van der Waals surface area (Å²) in [4.78, 5) is 72.6. The Morgan fingerprint density at radius 3 is 0.826 bits per heavy atom. The summed E-state index contributed by atoms with van der Waals surface area (Å²) < 4.78 is 68.4. The maximum absolute atomic E-state index is 13.1. The molecule has 0 aromatic carbocycles. The lowest BCUT2D eigenvalue weighted by molar-refractivity contribution is -0.161. The maximum Gasteiger partial charge on any atom is 0.472 e. The highest BCUT2D eigenvalue weighted by Crippen LogP contribution is 2.45. The topological polar surface area (TPSA) is 237 Å². The number of carbonyl (C=O) groups is 4. The minimum atomic E-state index is -4.95. The van der Waals surface area contributed by atoms with Gasteiger partial charge in [-0.05, 0) is 37.5 Å². The third kappa shape index (κ3) is 65.4. The van der Waals surface area contributed by atoms with Gasteiger partial charge in [0.05, 0.1) is 26.4 Å². The molecule has 3 unspecified atom stereocenters. The summed E-state index contributed by atoms with van der Waals surface area (Å²) in [6.07, 6.45) is 51.4. The molecule has 0 aliphatic rings. The minimum Gasteiger partial charge on any atom is -0.462 e. The lowest BCUT2D eigenvalue weighted by atomic mass is 9.99. The van der Waals surface area contributed by atoms with Crippen LogP contribution in [-0.4, -0.2) is 96.7 Å². The van der Waals surface area contributed by atoms with E-state index >= 15 is 0 Å². The number of esters is 4. The molecule has 0 spiro atoms. The zero-order valence-electron chi connectivity index (χ0n) is 59.9. The van der Waals surface area contributed by atoms with E-state index in [0.717, 1.165) is 102 Å². The number of unbranched alkanes of at least 4 members (excludes halogenated alkanes) is 41. The molecule has 6 atom stereocenters. The highest BCUT2D eigenvalue weighted by molar-refractivity contribution is 7.47. The third-order valence-corrected chi connectivity index (χ3v) is 19.2. The van der Waals surface area contributed by atoms with Gasteiger partial charge in [-0.15, -0.1) is 0 Å². The largest absolute Gasteiger partial charge is 0.472 e. The molecular formula is C73H142O17P2. The van der Waals surface area contributed by atoms with Crippen molar-refractivity contribution in [3.05, 3.63) is 0 Å². The summed E-state index contributed by atoms with van der Waals surface area (Å²) in [5, 5.41) is 10.6. The summed E-state index contributed by atoms with van der Waals surface area (Å²) in [7, 11) is -9.90. The van der Waals surface area contributed by atoms with Gasteiger partial charge in [-0.1, -0.05) is 324 Å². The van der Waals surface area contributed by atoms with E-state index in [0.29, 0.717) is 31.6 Å². The number of hydrogen-bond acceptors (Lipinski definition) is 15. The van der Waals surface area contributed by atoms with Crippen LogP contribution in [0, 0.1) is 11.8 Å². The van der Waals surface area contributed by atoms with Crippen LogP contribution in [0.3, 0.4) is 0 Å². The molecule has 0 aromatic rings. The summed E-state index contributed by atoms with van der Waals surface area (Å²) >= 11 is 0. The van der Waals surface area contributed by atoms with Crippen molar-refractivity contribution >= 4 is 39.5 Å². The van der Waals surface area contributed by atoms with Crippen LogP contribution in [0.4, 0.5) is 0 Å². The van der Waals surface area contributed by atoms with Gasteiger partial charge in [0, 0.05) is 25.7 Å². The summed E-state index contributed by atoms with van der Waals surface area (Å²) in [5.41, 5.74) is 0. The number of carbonyl (C=O) groups excluding carboxylic acids is 4. The average molecular weight is 1350 g/mol. The first-order chi connectivity index (χ1) is 44.4. The smallest absolute Gasteiger partial charge is 0.462 e. The van der Waals surface area contributed by atoms with Gasteiger partial charge in [0.25, 0.3) is 0 Å². The second-order valence-electron chi connectivity index (χ2n) is 27.1. The van der Waals surface area contributed by atoms with E-state index in [4.69, 9.17) is 37.0 Å². The number of rotatable bonds is 72. The second kappa shape index (κ2) is 65.0. The van der Waals surface area contributed by atoms with Gasteiger partial charge in [0.2, 0.25) is 0 Å². The standard InChI is InChI=1S/C73H142O17P2/c1-7-10-12-14-16-18-20-21-22-23-24-25-26-28-34-38-46-52-58-73(78)89-68(61-83-70(75)55-49-43-36-32-30-29-31-35-42-48-54-66(6)9-3)63-87-91(79,80)85-59-67(74)60-86-92(81,82)88-64-69(62-84-71(76)56-50-44-40-39-41-47-53-65(4)5)90-72(77)57-51-45-37-33-27-19-17-15-13-11-8-2/h65-69,74H,7-64H2,1-6H3,(H,79,80)(H,81,82)/t66?,67-,68-,69-/m1/s1. The van der Waals surface area contributed by atoms with E-state index in [-0.39, 0.29) is 25.7 Å². The van der Waals surface area contributed by atoms with Crippen LogP contribution in [0.2, 0.25) is 0 Å². The number of hydrogen-bond donors (Lipinski definition) is 3. The number of phosphoric acid groups is 2. The Kier molecular flexibility index (Phi) is 63.7. The SMILES string of the molecule is CCCCCCCCCCCCCCCCCCCCC(=O)O[C@H](COC(=O)CCCCCCCCCCCCC(C)CC)COP(=O)(O)OC[C@@H](O)COP(=O)(O)OC[C@@H](COC(=O)CCCCCCCCC(C)C)OC(=O)CCCCCCCCCCCCC. The highest BCUT2D eigenvalue weighted by atomic mass is 31.2. The van der Waals surface area contributed by atoms with Gasteiger partial charge in [0.1, 0.15) is 19.3 Å². The summed E-state index contributed by atoms with van der Waals surface area (Å²) in [6, 6.07) is 0. The molecule has 92 heavy (non-hydrogen) atoms. The van der Waals surface area contributed by atoms with Crippen LogP contribution in [0.25, 0.3) is 0 Å². The van der Waals surface area contributed by atoms with Crippen molar-refractivity contribution < 1.29 is 80.2 Å². The molecule has 0 rings (SSSR count). The monoisotopic (exact) mass is 1350 g/mol. The molecule has 3 N–H and O–H groups in total. The van der Waals surface area contributed by atoms with Crippen molar-refractivity contribution in [1.29, 1.82) is 0 Å². The van der Waals surface area contributed by atoms with Gasteiger partial charge in [-0.3, -0.25) is 37.3 Å². The zero-order valence-corrected chi connectivity index (χ0v) is 61.6. The third-order valence-electron chi connectivity index (χ3n) is 17.3. The molecule has 0 heterocycles. The first-order valence-electron chi connectivity index (χ1n) is 38.0. The normalized spacial score (nSPS) is 14.4. The molecule has 0 saturated carbocycles. The molecule has 0 bridgehead atoms. The summed E-state index contributed by atoms with van der Waals surface area (Å²) in [5.74, 6) is -0.632. The minimum absolute atomic E-state index is 0.106. The van der Waals surface area contributed by atoms with Crippen LogP contribution in [0.1, 0.15) is 375 Å². The van der Waals surface area contributed by atoms with Crippen LogP contribution in [0.5, 0.6) is 0 Å². The van der Waals surface area contributed by atoms with Gasteiger partial charge in [0.15, 0.2) is 12.2 Å². The molecule has 0 aliphatic carbocycles. The Bertz CT molecular complexity index is 1790.